The number of aromatic nitrogens is 1. The Bertz CT molecular complexity index is 1050. The van der Waals surface area contributed by atoms with Gasteiger partial charge in [-0.2, -0.15) is 0 Å². The van der Waals surface area contributed by atoms with Gasteiger partial charge in [0.25, 0.3) is 5.91 Å². The number of hydrogen-bond acceptors (Lipinski definition) is 6. The summed E-state index contributed by atoms with van der Waals surface area (Å²) in [5, 5.41) is 6.15. The number of piperazine rings is 1. The Kier molecular flexibility index (Phi) is 9.46. The highest BCUT2D eigenvalue weighted by molar-refractivity contribution is 5.98. The highest BCUT2D eigenvalue weighted by Gasteiger charge is 2.25. The first kappa shape index (κ1) is 26.6. The predicted octanol–water partition coefficient (Wildman–Crippen LogP) is 3.48. The first-order valence-electron chi connectivity index (χ1n) is 13.3. The van der Waals surface area contributed by atoms with E-state index in [9.17, 15) is 9.59 Å². The van der Waals surface area contributed by atoms with Gasteiger partial charge < -0.3 is 29.9 Å². The third-order valence-corrected chi connectivity index (χ3v) is 7.31. The van der Waals surface area contributed by atoms with Gasteiger partial charge in [0.1, 0.15) is 5.82 Å². The fraction of sp³-hybridized carbons (Fsp3) is 0.536. The molecule has 1 aliphatic carbocycles. The first-order chi connectivity index (χ1) is 18.1. The Morgan fingerprint density at radius 2 is 1.73 bits per heavy atom. The van der Waals surface area contributed by atoms with Crippen molar-refractivity contribution in [3.05, 3.63) is 47.7 Å². The highest BCUT2D eigenvalue weighted by atomic mass is 16.5. The van der Waals surface area contributed by atoms with Gasteiger partial charge >= 0.3 is 6.03 Å². The minimum absolute atomic E-state index is 0.0133. The van der Waals surface area contributed by atoms with Crippen molar-refractivity contribution < 1.29 is 19.1 Å². The van der Waals surface area contributed by atoms with Crippen LogP contribution in [0.15, 0.2) is 36.5 Å². The molecule has 1 saturated heterocycles. The number of anilines is 1. The van der Waals surface area contributed by atoms with Crippen LogP contribution in [0.1, 0.15) is 48.0 Å². The molecule has 0 bridgehead atoms. The van der Waals surface area contributed by atoms with Crippen LogP contribution in [-0.2, 0) is 6.42 Å². The van der Waals surface area contributed by atoms with Crippen LogP contribution in [0.4, 0.5) is 10.6 Å². The fourth-order valence-corrected chi connectivity index (χ4v) is 5.13. The zero-order valence-corrected chi connectivity index (χ0v) is 22.0. The second kappa shape index (κ2) is 13.2. The summed E-state index contributed by atoms with van der Waals surface area (Å²) in [5.74, 6) is 2.46. The molecule has 2 N–H and O–H groups in total. The van der Waals surface area contributed by atoms with Crippen molar-refractivity contribution >= 4 is 17.8 Å². The molecular formula is C28H39N5O4. The number of urea groups is 1. The molecule has 4 rings (SSSR count). The van der Waals surface area contributed by atoms with Gasteiger partial charge in [-0.3, -0.25) is 4.79 Å². The number of amides is 3. The molecule has 2 fully saturated rings. The van der Waals surface area contributed by atoms with Crippen molar-refractivity contribution in [2.45, 2.75) is 38.5 Å². The van der Waals surface area contributed by atoms with Crippen molar-refractivity contribution in [2.24, 2.45) is 5.92 Å². The summed E-state index contributed by atoms with van der Waals surface area (Å²) in [6.07, 6.45) is 8.66. The molecule has 2 heterocycles. The highest BCUT2D eigenvalue weighted by Crippen LogP contribution is 2.27. The maximum Gasteiger partial charge on any atom is 0.317 e. The largest absolute Gasteiger partial charge is 0.493 e. The molecule has 1 saturated carbocycles. The van der Waals surface area contributed by atoms with Crippen LogP contribution < -0.4 is 25.0 Å². The lowest BCUT2D eigenvalue weighted by Crippen LogP contribution is -2.53. The third kappa shape index (κ3) is 7.05. The van der Waals surface area contributed by atoms with Crippen molar-refractivity contribution in [2.75, 3.05) is 58.4 Å². The van der Waals surface area contributed by atoms with E-state index in [2.05, 4.69) is 20.5 Å². The monoisotopic (exact) mass is 509 g/mol. The van der Waals surface area contributed by atoms with E-state index in [-0.39, 0.29) is 11.9 Å². The van der Waals surface area contributed by atoms with E-state index in [0.717, 1.165) is 12.1 Å². The van der Waals surface area contributed by atoms with Crippen LogP contribution in [0.5, 0.6) is 11.5 Å². The van der Waals surface area contributed by atoms with E-state index in [1.807, 2.05) is 23.1 Å². The van der Waals surface area contributed by atoms with Gasteiger partial charge in [0.2, 0.25) is 0 Å². The number of hydrogen-bond donors (Lipinski definition) is 2. The average Bonchev–Trinajstić information content (AvgIpc) is 2.96. The molecule has 9 heteroatoms. The van der Waals surface area contributed by atoms with Crippen molar-refractivity contribution in [3.8, 4) is 11.5 Å². The molecule has 2 aromatic rings. The van der Waals surface area contributed by atoms with Gasteiger partial charge in [0.15, 0.2) is 11.5 Å². The molecule has 2 aliphatic rings. The molecule has 37 heavy (non-hydrogen) atoms. The smallest absolute Gasteiger partial charge is 0.317 e. The van der Waals surface area contributed by atoms with E-state index in [1.165, 1.54) is 32.1 Å². The molecule has 1 aromatic heterocycles. The molecule has 0 radical (unpaired) electrons. The van der Waals surface area contributed by atoms with Gasteiger partial charge in [0.05, 0.1) is 19.8 Å². The minimum atomic E-state index is -0.156. The SMILES string of the molecule is COc1ccc(CCNC(=O)c2cccnc2N2CCN(C(=O)NCC3CCCCC3)CC2)cc1OC. The molecule has 0 spiro atoms. The summed E-state index contributed by atoms with van der Waals surface area (Å²) < 4.78 is 10.7. The molecule has 0 unspecified atom stereocenters. The number of rotatable bonds is 9. The van der Waals surface area contributed by atoms with Crippen molar-refractivity contribution in [1.82, 2.24) is 20.5 Å². The van der Waals surface area contributed by atoms with E-state index in [4.69, 9.17) is 9.47 Å². The topological polar surface area (TPSA) is 96.0 Å². The number of carbonyl (C=O) groups is 2. The predicted molar refractivity (Wildman–Crippen MR) is 144 cm³/mol. The maximum atomic E-state index is 13.0. The van der Waals surface area contributed by atoms with Crippen LogP contribution in [0.3, 0.4) is 0 Å². The summed E-state index contributed by atoms with van der Waals surface area (Å²) >= 11 is 0. The van der Waals surface area contributed by atoms with Crippen LogP contribution in [0.25, 0.3) is 0 Å². The van der Waals surface area contributed by atoms with Gasteiger partial charge in [-0.1, -0.05) is 25.3 Å². The lowest BCUT2D eigenvalue weighted by Gasteiger charge is -2.36. The molecule has 1 aliphatic heterocycles. The minimum Gasteiger partial charge on any atom is -0.493 e. The molecule has 3 amide bonds. The Labute approximate surface area is 219 Å². The fourth-order valence-electron chi connectivity index (χ4n) is 5.13. The summed E-state index contributed by atoms with van der Waals surface area (Å²) in [6.45, 7) is 3.74. The number of methoxy groups -OCH3 is 2. The first-order valence-corrected chi connectivity index (χ1v) is 13.3. The Hall–Kier alpha value is -3.49. The van der Waals surface area contributed by atoms with Gasteiger partial charge in [-0.15, -0.1) is 0 Å². The Morgan fingerprint density at radius 1 is 0.973 bits per heavy atom. The summed E-state index contributed by atoms with van der Waals surface area (Å²) in [6, 6.07) is 9.35. The van der Waals surface area contributed by atoms with Gasteiger partial charge in [-0.25, -0.2) is 9.78 Å². The molecule has 200 valence electrons. The summed E-state index contributed by atoms with van der Waals surface area (Å²) in [4.78, 5) is 34.2. The van der Waals surface area contributed by atoms with E-state index in [0.29, 0.717) is 67.9 Å². The molecule has 1 aromatic carbocycles. The zero-order valence-electron chi connectivity index (χ0n) is 22.0. The van der Waals surface area contributed by atoms with Crippen LogP contribution in [0, 0.1) is 5.92 Å². The lowest BCUT2D eigenvalue weighted by atomic mass is 9.89. The van der Waals surface area contributed by atoms with Crippen LogP contribution in [0.2, 0.25) is 0 Å². The van der Waals surface area contributed by atoms with Crippen LogP contribution in [-0.4, -0.2) is 75.3 Å². The summed E-state index contributed by atoms with van der Waals surface area (Å²) in [5.41, 5.74) is 1.59. The molecular weight excluding hydrogens is 470 g/mol. The van der Waals surface area contributed by atoms with E-state index >= 15 is 0 Å². The number of ether oxygens (including phenoxy) is 2. The van der Waals surface area contributed by atoms with E-state index < -0.39 is 0 Å². The zero-order chi connectivity index (χ0) is 26.0. The standard InChI is InChI=1S/C28H39N5O4/c1-36-24-11-10-21(19-25(24)37-2)12-14-30-27(34)23-9-6-13-29-26(23)32-15-17-33(18-16-32)28(35)31-20-22-7-4-3-5-8-22/h6,9-11,13,19,22H,3-5,7-8,12,14-18,20H2,1-2H3,(H,30,34)(H,31,35). The van der Waals surface area contributed by atoms with Crippen molar-refractivity contribution in [3.63, 3.8) is 0 Å². The third-order valence-electron chi connectivity index (χ3n) is 7.31. The number of nitrogens with zero attached hydrogens (tertiary/aromatic N) is 3. The number of benzene rings is 1. The Morgan fingerprint density at radius 3 is 2.46 bits per heavy atom. The second-order valence-corrected chi connectivity index (χ2v) is 9.73. The van der Waals surface area contributed by atoms with Crippen molar-refractivity contribution in [1.29, 1.82) is 0 Å². The number of pyridine rings is 1. The van der Waals surface area contributed by atoms with Gasteiger partial charge in [0, 0.05) is 45.5 Å². The normalized spacial score (nSPS) is 16.3. The maximum absolute atomic E-state index is 13.0. The summed E-state index contributed by atoms with van der Waals surface area (Å²) in [7, 11) is 3.22. The molecule has 0 atom stereocenters. The van der Waals surface area contributed by atoms with Gasteiger partial charge in [-0.05, 0) is 55.0 Å². The van der Waals surface area contributed by atoms with Crippen LogP contribution >= 0.6 is 0 Å². The lowest BCUT2D eigenvalue weighted by molar-refractivity contribution is 0.0954. The average molecular weight is 510 g/mol. The molecule has 9 nitrogen and oxygen atoms in total. The Balaban J connectivity index is 1.27. The van der Waals surface area contributed by atoms with E-state index in [1.54, 1.807) is 32.5 Å². The second-order valence-electron chi connectivity index (χ2n) is 9.73. The quantitative estimate of drug-likeness (QED) is 0.537. The number of nitrogens with one attached hydrogen (secondary N) is 2. The number of carbonyl (C=O) groups excluding carboxylic acids is 2.